The van der Waals surface area contributed by atoms with Gasteiger partial charge in [-0.1, -0.05) is 91.4 Å². The van der Waals surface area contributed by atoms with Crippen LogP contribution < -0.4 is 0 Å². The number of aliphatic carboxylic acids is 2. The van der Waals surface area contributed by atoms with Crippen LogP contribution in [-0.4, -0.2) is 40.1 Å². The molecule has 0 aliphatic carbocycles. The minimum atomic E-state index is -2.28. The molecule has 0 saturated carbocycles. The van der Waals surface area contributed by atoms with Crippen LogP contribution in [0.25, 0.3) is 0 Å². The third-order valence-electron chi connectivity index (χ3n) is 5.67. The molecule has 0 aromatic rings. The highest BCUT2D eigenvalue weighted by molar-refractivity contribution is 6.09. The smallest absolute Gasteiger partial charge is 0.344 e. The zero-order valence-electron chi connectivity index (χ0n) is 19.4. The first-order valence-corrected chi connectivity index (χ1v) is 12.0. The third kappa shape index (κ3) is 10.1. The highest BCUT2D eigenvalue weighted by atomic mass is 16.5. The van der Waals surface area contributed by atoms with Crippen LogP contribution in [0.3, 0.4) is 0 Å². The number of hydrogen-bond donors (Lipinski definition) is 2. The quantitative estimate of drug-likeness (QED) is 0.171. The maximum Gasteiger partial charge on any atom is 0.344 e. The number of hydrogen-bond acceptors (Lipinski definition) is 4. The number of carboxylic acid groups (broad SMARTS) is 2. The minimum Gasteiger partial charge on any atom is -0.481 e. The monoisotopic (exact) mass is 428 g/mol. The summed E-state index contributed by atoms with van der Waals surface area (Å²) in [5.41, 5.74) is -2.28. The molecule has 6 nitrogen and oxygen atoms in total. The molecule has 0 radical (unpaired) electrons. The summed E-state index contributed by atoms with van der Waals surface area (Å²) in [5.74, 6) is -4.72. The Kier molecular flexibility index (Phi) is 16.4. The van der Waals surface area contributed by atoms with Crippen molar-refractivity contribution in [3.8, 4) is 0 Å². The Morgan fingerprint density at radius 1 is 0.733 bits per heavy atom. The van der Waals surface area contributed by atoms with Crippen molar-refractivity contribution >= 4 is 17.7 Å². The second-order valence-corrected chi connectivity index (χ2v) is 8.28. The minimum absolute atomic E-state index is 0.00306. The standard InChI is InChI=1S/C24H44O6/c1-4-7-9-11-13-15-18-20(22(26)27)24(23(28)29,21(25)17-6-3)30-19-16-14-12-10-8-5-2/h20H,4-19H2,1-3H3,(H,26,27)(H,28,29). The van der Waals surface area contributed by atoms with E-state index in [-0.39, 0.29) is 19.4 Å². The molecule has 0 saturated heterocycles. The van der Waals surface area contributed by atoms with E-state index in [1.54, 1.807) is 6.92 Å². The maximum absolute atomic E-state index is 12.9. The largest absolute Gasteiger partial charge is 0.481 e. The van der Waals surface area contributed by atoms with Crippen LogP contribution >= 0.6 is 0 Å². The van der Waals surface area contributed by atoms with Crippen LogP contribution in [0.5, 0.6) is 0 Å². The van der Waals surface area contributed by atoms with E-state index in [4.69, 9.17) is 4.74 Å². The van der Waals surface area contributed by atoms with E-state index in [1.807, 2.05) is 0 Å². The summed E-state index contributed by atoms with van der Waals surface area (Å²) in [5, 5.41) is 19.8. The average molecular weight is 429 g/mol. The van der Waals surface area contributed by atoms with E-state index in [2.05, 4.69) is 13.8 Å². The Morgan fingerprint density at radius 3 is 1.70 bits per heavy atom. The first-order valence-electron chi connectivity index (χ1n) is 12.0. The number of Topliss-reactive ketones (excluding diaryl/α,β-unsaturated/α-hetero) is 1. The van der Waals surface area contributed by atoms with Crippen molar-refractivity contribution in [3.05, 3.63) is 0 Å². The predicted octanol–water partition coefficient (Wildman–Crippen LogP) is 6.01. The molecule has 176 valence electrons. The van der Waals surface area contributed by atoms with Crippen LogP contribution in [0.1, 0.15) is 117 Å². The molecule has 0 spiro atoms. The number of carbonyl (C=O) groups is 3. The van der Waals surface area contributed by atoms with Gasteiger partial charge in [0.2, 0.25) is 5.60 Å². The topological polar surface area (TPSA) is 101 Å². The summed E-state index contributed by atoms with van der Waals surface area (Å²) in [6, 6.07) is 0. The molecule has 2 unspecified atom stereocenters. The number of unbranched alkanes of at least 4 members (excludes halogenated alkanes) is 10. The Morgan fingerprint density at radius 2 is 1.23 bits per heavy atom. The Balaban J connectivity index is 5.20. The van der Waals surface area contributed by atoms with E-state index < -0.39 is 29.2 Å². The fourth-order valence-corrected chi connectivity index (χ4v) is 3.86. The van der Waals surface area contributed by atoms with Crippen molar-refractivity contribution in [2.45, 2.75) is 123 Å². The molecule has 6 heteroatoms. The molecule has 0 aliphatic heterocycles. The van der Waals surface area contributed by atoms with Crippen molar-refractivity contribution in [3.63, 3.8) is 0 Å². The molecule has 0 amide bonds. The lowest BCUT2D eigenvalue weighted by Crippen LogP contribution is -2.57. The zero-order chi connectivity index (χ0) is 22.8. The van der Waals surface area contributed by atoms with E-state index in [0.29, 0.717) is 19.3 Å². The summed E-state index contributed by atoms with van der Waals surface area (Å²) in [4.78, 5) is 37.2. The molecule has 0 fully saturated rings. The lowest BCUT2D eigenvalue weighted by atomic mass is 9.78. The fourth-order valence-electron chi connectivity index (χ4n) is 3.86. The average Bonchev–Trinajstić information content (AvgIpc) is 2.70. The molecule has 0 rings (SSSR count). The molecular formula is C24H44O6. The first kappa shape index (κ1) is 28.6. The van der Waals surface area contributed by atoms with Crippen LogP contribution in [-0.2, 0) is 19.1 Å². The maximum atomic E-state index is 12.9. The van der Waals surface area contributed by atoms with E-state index in [0.717, 1.165) is 64.2 Å². The fraction of sp³-hybridized carbons (Fsp3) is 0.875. The van der Waals surface area contributed by atoms with Gasteiger partial charge in [-0.25, -0.2) is 4.79 Å². The summed E-state index contributed by atoms with van der Waals surface area (Å²) in [6.45, 7) is 6.14. The van der Waals surface area contributed by atoms with Gasteiger partial charge >= 0.3 is 11.9 Å². The van der Waals surface area contributed by atoms with Crippen molar-refractivity contribution in [2.75, 3.05) is 6.61 Å². The van der Waals surface area contributed by atoms with Crippen LogP contribution in [0.4, 0.5) is 0 Å². The van der Waals surface area contributed by atoms with Gasteiger partial charge in [0.1, 0.15) is 5.92 Å². The van der Waals surface area contributed by atoms with Gasteiger partial charge in [0.25, 0.3) is 0 Å². The van der Waals surface area contributed by atoms with Gasteiger partial charge in [-0.3, -0.25) is 9.59 Å². The molecule has 0 aromatic heterocycles. The van der Waals surface area contributed by atoms with Gasteiger partial charge in [-0.15, -0.1) is 0 Å². The van der Waals surface area contributed by atoms with Gasteiger partial charge < -0.3 is 14.9 Å². The second-order valence-electron chi connectivity index (χ2n) is 8.28. The van der Waals surface area contributed by atoms with Crippen molar-refractivity contribution in [2.24, 2.45) is 5.92 Å². The van der Waals surface area contributed by atoms with Gasteiger partial charge in [0.15, 0.2) is 5.78 Å². The first-order chi connectivity index (χ1) is 14.4. The number of ether oxygens (including phenoxy) is 1. The lowest BCUT2D eigenvalue weighted by Gasteiger charge is -2.33. The molecular weight excluding hydrogens is 384 g/mol. The molecule has 2 N–H and O–H groups in total. The van der Waals surface area contributed by atoms with Gasteiger partial charge in [0.05, 0.1) is 0 Å². The lowest BCUT2D eigenvalue weighted by molar-refractivity contribution is -0.188. The Bertz CT molecular complexity index is 490. The molecule has 0 aromatic carbocycles. The van der Waals surface area contributed by atoms with Gasteiger partial charge in [0, 0.05) is 13.0 Å². The van der Waals surface area contributed by atoms with E-state index >= 15 is 0 Å². The molecule has 0 bridgehead atoms. The van der Waals surface area contributed by atoms with Gasteiger partial charge in [-0.2, -0.15) is 0 Å². The van der Waals surface area contributed by atoms with Crippen molar-refractivity contribution in [1.29, 1.82) is 0 Å². The summed E-state index contributed by atoms with van der Waals surface area (Å²) < 4.78 is 5.70. The SMILES string of the molecule is CCCCCCCCOC(C(=O)O)(C(=O)CCC)C(CCCCCCCC)C(=O)O. The van der Waals surface area contributed by atoms with E-state index in [9.17, 15) is 24.6 Å². The normalized spacial score (nSPS) is 14.2. The predicted molar refractivity (Wildman–Crippen MR) is 119 cm³/mol. The number of carbonyl (C=O) groups excluding carboxylic acids is 1. The molecule has 0 aliphatic rings. The van der Waals surface area contributed by atoms with Crippen LogP contribution in [0.15, 0.2) is 0 Å². The number of carboxylic acids is 2. The van der Waals surface area contributed by atoms with Crippen molar-refractivity contribution in [1.82, 2.24) is 0 Å². The molecule has 2 atom stereocenters. The highest BCUT2D eigenvalue weighted by Gasteiger charge is 2.55. The molecule has 30 heavy (non-hydrogen) atoms. The summed E-state index contributed by atoms with van der Waals surface area (Å²) in [7, 11) is 0. The van der Waals surface area contributed by atoms with Crippen LogP contribution in [0, 0.1) is 5.92 Å². The van der Waals surface area contributed by atoms with Gasteiger partial charge in [-0.05, 0) is 19.3 Å². The molecule has 0 heterocycles. The van der Waals surface area contributed by atoms with E-state index in [1.165, 1.54) is 0 Å². The Labute approximate surface area is 182 Å². The zero-order valence-corrected chi connectivity index (χ0v) is 19.4. The highest BCUT2D eigenvalue weighted by Crippen LogP contribution is 2.32. The van der Waals surface area contributed by atoms with Crippen molar-refractivity contribution < 1.29 is 29.3 Å². The number of rotatable bonds is 21. The Hall–Kier alpha value is -1.43. The summed E-state index contributed by atoms with van der Waals surface area (Å²) in [6.07, 6.45) is 12.3. The second kappa shape index (κ2) is 17.3. The third-order valence-corrected chi connectivity index (χ3v) is 5.67. The summed E-state index contributed by atoms with van der Waals surface area (Å²) >= 11 is 0. The number of ketones is 1. The van der Waals surface area contributed by atoms with Crippen LogP contribution in [0.2, 0.25) is 0 Å².